The minimum absolute atomic E-state index is 0.00531. The van der Waals surface area contributed by atoms with Crippen molar-refractivity contribution in [2.24, 2.45) is 0 Å². The van der Waals surface area contributed by atoms with E-state index >= 15 is 0 Å². The van der Waals surface area contributed by atoms with Crippen molar-refractivity contribution in [2.45, 2.75) is 45.0 Å². The summed E-state index contributed by atoms with van der Waals surface area (Å²) in [5.74, 6) is 0.604. The van der Waals surface area contributed by atoms with Crippen molar-refractivity contribution in [2.75, 3.05) is 5.32 Å². The van der Waals surface area contributed by atoms with Gasteiger partial charge in [0.2, 0.25) is 18.1 Å². The molecule has 8 nitrogen and oxygen atoms in total. The lowest BCUT2D eigenvalue weighted by Gasteiger charge is -2.09. The predicted octanol–water partition coefficient (Wildman–Crippen LogP) is 4.42. The summed E-state index contributed by atoms with van der Waals surface area (Å²) in [7, 11) is 0. The Bertz CT molecular complexity index is 1290. The van der Waals surface area contributed by atoms with Crippen molar-refractivity contribution in [3.8, 4) is 11.4 Å². The monoisotopic (exact) mass is 438 g/mol. The molecular formula is C22H20F2N6O2. The van der Waals surface area contributed by atoms with Crippen LogP contribution < -0.4 is 5.32 Å². The molecule has 1 aliphatic rings. The number of amides is 1. The summed E-state index contributed by atoms with van der Waals surface area (Å²) in [5.41, 5.74) is 4.06. The molecule has 0 aliphatic heterocycles. The second-order valence-electron chi connectivity index (χ2n) is 7.90. The topological polar surface area (TPSA) is 98.2 Å². The number of benzene rings is 1. The second kappa shape index (κ2) is 8.10. The van der Waals surface area contributed by atoms with Gasteiger partial charge in [-0.15, -0.1) is 0 Å². The van der Waals surface area contributed by atoms with Crippen LogP contribution >= 0.6 is 0 Å². The summed E-state index contributed by atoms with van der Waals surface area (Å²) in [6.45, 7) is 1.86. The van der Waals surface area contributed by atoms with Gasteiger partial charge < -0.3 is 9.84 Å². The van der Waals surface area contributed by atoms with Crippen molar-refractivity contribution in [3.63, 3.8) is 0 Å². The van der Waals surface area contributed by atoms with E-state index in [9.17, 15) is 13.6 Å². The number of aromatic nitrogens is 5. The fourth-order valence-electron chi connectivity index (χ4n) is 3.45. The number of halogens is 2. The van der Waals surface area contributed by atoms with Crippen molar-refractivity contribution < 1.29 is 18.1 Å². The second-order valence-corrected chi connectivity index (χ2v) is 7.90. The molecule has 0 bridgehead atoms. The summed E-state index contributed by atoms with van der Waals surface area (Å²) in [6.07, 6.45) is 4.58. The molecule has 5 rings (SSSR count). The number of fused-ring (bicyclic) bond motifs is 1. The van der Waals surface area contributed by atoms with E-state index in [0.29, 0.717) is 28.2 Å². The summed E-state index contributed by atoms with van der Waals surface area (Å²) < 4.78 is 31.5. The third kappa shape index (κ3) is 4.08. The quantitative estimate of drug-likeness (QED) is 0.459. The number of carbonyl (C=O) groups is 1. The Morgan fingerprint density at radius 2 is 2.16 bits per heavy atom. The van der Waals surface area contributed by atoms with E-state index in [1.807, 2.05) is 19.2 Å². The van der Waals surface area contributed by atoms with Gasteiger partial charge in [0, 0.05) is 30.0 Å². The van der Waals surface area contributed by atoms with E-state index < -0.39 is 6.43 Å². The first-order chi connectivity index (χ1) is 15.5. The number of alkyl halides is 2. The minimum atomic E-state index is -2.43. The molecule has 0 atom stereocenters. The van der Waals surface area contributed by atoms with Crippen LogP contribution in [-0.4, -0.2) is 37.1 Å². The molecule has 0 radical (unpaired) electrons. The number of carbonyl (C=O) groups excluding carboxylic acids is 1. The van der Waals surface area contributed by atoms with E-state index in [1.165, 1.54) is 6.20 Å². The summed E-state index contributed by atoms with van der Waals surface area (Å²) in [6, 6.07) is 5.33. The maximum absolute atomic E-state index is 13.0. The SMILES string of the molecule is Cc1ccc(-c2noc(CCC(F)F)n2)cc1NC(=O)c1cnn2cc(C3CC3)ncc12. The average molecular weight is 438 g/mol. The fraction of sp³-hybridized carbons (Fsp3) is 0.318. The Morgan fingerprint density at radius 1 is 1.31 bits per heavy atom. The van der Waals surface area contributed by atoms with E-state index in [-0.39, 0.29) is 30.5 Å². The van der Waals surface area contributed by atoms with E-state index in [4.69, 9.17) is 4.52 Å². The highest BCUT2D eigenvalue weighted by atomic mass is 19.3. The zero-order valence-corrected chi connectivity index (χ0v) is 17.3. The molecule has 0 spiro atoms. The van der Waals surface area contributed by atoms with Crippen molar-refractivity contribution >= 4 is 17.1 Å². The molecule has 3 heterocycles. The van der Waals surface area contributed by atoms with Crippen LogP contribution in [0.5, 0.6) is 0 Å². The van der Waals surface area contributed by atoms with Crippen molar-refractivity contribution in [3.05, 3.63) is 59.5 Å². The number of nitrogens with one attached hydrogen (secondary N) is 1. The number of anilines is 1. The van der Waals surface area contributed by atoms with Gasteiger partial charge in [0.1, 0.15) is 0 Å². The van der Waals surface area contributed by atoms with Gasteiger partial charge in [-0.05, 0) is 31.4 Å². The van der Waals surface area contributed by atoms with Gasteiger partial charge in [0.25, 0.3) is 5.91 Å². The van der Waals surface area contributed by atoms with Crippen LogP contribution in [0.15, 0.2) is 41.3 Å². The van der Waals surface area contributed by atoms with Gasteiger partial charge in [0.15, 0.2) is 0 Å². The maximum Gasteiger partial charge on any atom is 0.259 e. The standard InChI is InChI=1S/C22H20F2N6O2/c1-12-2-3-14(21-28-20(32-29-21)7-6-19(23)24)8-16(12)27-22(31)15-9-26-30-11-17(13-4-5-13)25-10-18(15)30/h2-3,8-11,13,19H,4-7H2,1H3,(H,27,31). The van der Waals surface area contributed by atoms with E-state index in [2.05, 4.69) is 25.5 Å². The first-order valence-electron chi connectivity index (χ1n) is 10.3. The van der Waals surface area contributed by atoms with Gasteiger partial charge in [-0.2, -0.15) is 10.1 Å². The molecule has 1 N–H and O–H groups in total. The first-order valence-corrected chi connectivity index (χ1v) is 10.3. The number of rotatable bonds is 7. The van der Waals surface area contributed by atoms with Crippen LogP contribution in [0.1, 0.15) is 52.7 Å². The summed E-state index contributed by atoms with van der Waals surface area (Å²) in [4.78, 5) is 21.6. The summed E-state index contributed by atoms with van der Waals surface area (Å²) in [5, 5.41) is 11.1. The average Bonchev–Trinajstić information content (AvgIpc) is 3.37. The van der Waals surface area contributed by atoms with Gasteiger partial charge in [-0.3, -0.25) is 9.78 Å². The van der Waals surface area contributed by atoms with Crippen LogP contribution in [0.2, 0.25) is 0 Å². The van der Waals surface area contributed by atoms with Crippen LogP contribution in [0.25, 0.3) is 16.9 Å². The minimum Gasteiger partial charge on any atom is -0.339 e. The molecular weight excluding hydrogens is 418 g/mol. The van der Waals surface area contributed by atoms with Gasteiger partial charge >= 0.3 is 0 Å². The fourth-order valence-corrected chi connectivity index (χ4v) is 3.45. The number of hydrogen-bond acceptors (Lipinski definition) is 6. The van der Waals surface area contributed by atoms with Crippen LogP contribution in [-0.2, 0) is 6.42 Å². The van der Waals surface area contributed by atoms with Crippen molar-refractivity contribution in [1.29, 1.82) is 0 Å². The normalized spacial score (nSPS) is 13.8. The van der Waals surface area contributed by atoms with Crippen LogP contribution in [0, 0.1) is 6.92 Å². The van der Waals surface area contributed by atoms with Crippen LogP contribution in [0.3, 0.4) is 0 Å². The Kier molecular flexibility index (Phi) is 5.12. The molecule has 1 aromatic carbocycles. The van der Waals surface area contributed by atoms with Crippen LogP contribution in [0.4, 0.5) is 14.5 Å². The molecule has 1 aliphatic carbocycles. The van der Waals surface area contributed by atoms with Gasteiger partial charge in [-0.25, -0.2) is 13.3 Å². The number of nitrogens with zero attached hydrogens (tertiary/aromatic N) is 5. The molecule has 10 heteroatoms. The van der Waals surface area contributed by atoms with E-state index in [0.717, 1.165) is 24.1 Å². The van der Waals surface area contributed by atoms with Crippen molar-refractivity contribution in [1.82, 2.24) is 24.7 Å². The lowest BCUT2D eigenvalue weighted by Crippen LogP contribution is -2.13. The molecule has 3 aromatic heterocycles. The molecule has 32 heavy (non-hydrogen) atoms. The highest BCUT2D eigenvalue weighted by Gasteiger charge is 2.26. The molecule has 1 saturated carbocycles. The van der Waals surface area contributed by atoms with E-state index in [1.54, 1.807) is 22.8 Å². The first kappa shape index (κ1) is 20.2. The Balaban J connectivity index is 1.36. The molecule has 164 valence electrons. The largest absolute Gasteiger partial charge is 0.339 e. The maximum atomic E-state index is 13.0. The zero-order valence-electron chi connectivity index (χ0n) is 17.3. The smallest absolute Gasteiger partial charge is 0.259 e. The number of aryl methyl sites for hydroxylation is 2. The third-order valence-corrected chi connectivity index (χ3v) is 5.45. The lowest BCUT2D eigenvalue weighted by molar-refractivity contribution is 0.102. The van der Waals surface area contributed by atoms with Gasteiger partial charge in [-0.1, -0.05) is 17.3 Å². The highest BCUT2D eigenvalue weighted by Crippen LogP contribution is 2.38. The molecule has 4 aromatic rings. The highest BCUT2D eigenvalue weighted by molar-refractivity contribution is 6.09. The third-order valence-electron chi connectivity index (χ3n) is 5.45. The Morgan fingerprint density at radius 3 is 2.94 bits per heavy atom. The summed E-state index contributed by atoms with van der Waals surface area (Å²) >= 11 is 0. The molecule has 0 saturated heterocycles. The molecule has 1 amide bonds. The lowest BCUT2D eigenvalue weighted by atomic mass is 10.1. The molecule has 0 unspecified atom stereocenters. The number of hydrogen-bond donors (Lipinski definition) is 1. The predicted molar refractivity (Wildman–Crippen MR) is 112 cm³/mol. The zero-order chi connectivity index (χ0) is 22.2. The van der Waals surface area contributed by atoms with Gasteiger partial charge in [0.05, 0.1) is 35.4 Å². The Hall–Kier alpha value is -3.69. The molecule has 1 fully saturated rings. The Labute approximate surface area is 181 Å².